The van der Waals surface area contributed by atoms with E-state index in [2.05, 4.69) is 18.4 Å². The summed E-state index contributed by atoms with van der Waals surface area (Å²) < 4.78 is 0. The number of carboxylic acids is 1. The van der Waals surface area contributed by atoms with Crippen LogP contribution in [0.3, 0.4) is 0 Å². The van der Waals surface area contributed by atoms with E-state index in [0.29, 0.717) is 6.42 Å². The van der Waals surface area contributed by atoms with E-state index in [1.807, 2.05) is 0 Å². The van der Waals surface area contributed by atoms with Crippen LogP contribution in [-0.4, -0.2) is 17.0 Å². The van der Waals surface area contributed by atoms with E-state index in [9.17, 15) is 4.79 Å². The van der Waals surface area contributed by atoms with Crippen molar-refractivity contribution in [1.29, 1.82) is 5.41 Å². The number of guanidine groups is 1. The molecule has 5 heteroatoms. The number of carboxylic acid groups (broad SMARTS) is 1. The molecule has 0 aromatic rings. The van der Waals surface area contributed by atoms with Gasteiger partial charge in [-0.3, -0.25) is 10.2 Å². The summed E-state index contributed by atoms with van der Waals surface area (Å²) in [6, 6.07) is 0. The summed E-state index contributed by atoms with van der Waals surface area (Å²) in [6.45, 7) is 2.11. The van der Waals surface area contributed by atoms with Gasteiger partial charge in [-0.1, -0.05) is 26.2 Å². The fourth-order valence-corrected chi connectivity index (χ4v) is 0.703. The zero-order valence-electron chi connectivity index (χ0n) is 8.05. The van der Waals surface area contributed by atoms with Gasteiger partial charge >= 0.3 is 5.97 Å². The summed E-state index contributed by atoms with van der Waals surface area (Å²) in [6.07, 6.45) is 4.55. The van der Waals surface area contributed by atoms with Crippen LogP contribution in [0.5, 0.6) is 0 Å². The first-order valence-corrected chi connectivity index (χ1v) is 4.32. The Kier molecular flexibility index (Phi) is 11.8. The number of unbranched alkanes of at least 4 members (excludes halogenated alkanes) is 3. The maximum Gasteiger partial charge on any atom is 0.303 e. The average molecular weight is 189 g/mol. The lowest BCUT2D eigenvalue weighted by Crippen LogP contribution is -2.20. The molecule has 0 heterocycles. The second-order valence-corrected chi connectivity index (χ2v) is 2.66. The predicted molar refractivity (Wildman–Crippen MR) is 52.5 cm³/mol. The Balaban J connectivity index is 0. The Bertz CT molecular complexity index is 144. The number of hydrogen-bond acceptors (Lipinski definition) is 2. The highest BCUT2D eigenvalue weighted by atomic mass is 16.4. The number of carbonyl (C=O) groups is 1. The number of nitrogens with one attached hydrogen (secondary N) is 1. The maximum absolute atomic E-state index is 9.96. The Morgan fingerprint density at radius 1 is 1.31 bits per heavy atom. The summed E-state index contributed by atoms with van der Waals surface area (Å²) in [5, 5.41) is 14.3. The molecule has 13 heavy (non-hydrogen) atoms. The van der Waals surface area contributed by atoms with Gasteiger partial charge < -0.3 is 16.6 Å². The lowest BCUT2D eigenvalue weighted by Gasteiger charge is -1.92. The average Bonchev–Trinajstić information content (AvgIpc) is 1.97. The first kappa shape index (κ1) is 14.3. The van der Waals surface area contributed by atoms with Crippen LogP contribution >= 0.6 is 0 Å². The highest BCUT2D eigenvalue weighted by Gasteiger charge is 1.93. The summed E-state index contributed by atoms with van der Waals surface area (Å²) in [5.41, 5.74) is 8.94. The zero-order chi connectivity index (χ0) is 10.7. The Morgan fingerprint density at radius 2 is 1.77 bits per heavy atom. The van der Waals surface area contributed by atoms with Gasteiger partial charge in [-0.15, -0.1) is 0 Å². The van der Waals surface area contributed by atoms with Gasteiger partial charge in [-0.05, 0) is 6.42 Å². The van der Waals surface area contributed by atoms with Crippen molar-refractivity contribution in [2.24, 2.45) is 11.5 Å². The monoisotopic (exact) mass is 189 g/mol. The molecule has 0 aromatic carbocycles. The first-order chi connectivity index (χ1) is 6.00. The second kappa shape index (κ2) is 10.7. The SMILES string of the molecule is CCCCCCC(=O)O.N=C(N)N. The molecule has 0 spiro atoms. The minimum absolute atomic E-state index is 0.333. The molecule has 0 atom stereocenters. The van der Waals surface area contributed by atoms with Gasteiger partial charge in [-0.25, -0.2) is 0 Å². The van der Waals surface area contributed by atoms with E-state index in [4.69, 9.17) is 10.5 Å². The quantitative estimate of drug-likeness (QED) is 0.292. The van der Waals surface area contributed by atoms with Crippen molar-refractivity contribution in [2.75, 3.05) is 0 Å². The molecule has 0 bridgehead atoms. The van der Waals surface area contributed by atoms with E-state index in [0.717, 1.165) is 19.3 Å². The number of nitrogens with two attached hydrogens (primary N) is 2. The van der Waals surface area contributed by atoms with Gasteiger partial charge in [0.25, 0.3) is 0 Å². The van der Waals surface area contributed by atoms with Gasteiger partial charge in [0.1, 0.15) is 0 Å². The van der Waals surface area contributed by atoms with Crippen LogP contribution in [0.4, 0.5) is 0 Å². The number of aliphatic carboxylic acids is 1. The largest absolute Gasteiger partial charge is 0.481 e. The number of hydrogen-bond donors (Lipinski definition) is 4. The van der Waals surface area contributed by atoms with Crippen LogP contribution in [-0.2, 0) is 4.79 Å². The summed E-state index contributed by atoms with van der Waals surface area (Å²) in [5.74, 6) is -1.01. The van der Waals surface area contributed by atoms with Crippen molar-refractivity contribution in [3.63, 3.8) is 0 Å². The molecule has 0 saturated carbocycles. The molecular formula is C8H19N3O2. The summed E-state index contributed by atoms with van der Waals surface area (Å²) in [4.78, 5) is 9.96. The number of rotatable bonds is 5. The molecule has 0 aliphatic carbocycles. The summed E-state index contributed by atoms with van der Waals surface area (Å²) in [7, 11) is 0. The van der Waals surface area contributed by atoms with Gasteiger partial charge in [0.15, 0.2) is 5.96 Å². The lowest BCUT2D eigenvalue weighted by atomic mass is 10.2. The van der Waals surface area contributed by atoms with Crippen LogP contribution < -0.4 is 11.5 Å². The minimum Gasteiger partial charge on any atom is -0.481 e. The molecule has 78 valence electrons. The van der Waals surface area contributed by atoms with Crippen LogP contribution in [0.2, 0.25) is 0 Å². The van der Waals surface area contributed by atoms with Crippen molar-refractivity contribution in [3.8, 4) is 0 Å². The van der Waals surface area contributed by atoms with E-state index in [1.165, 1.54) is 6.42 Å². The van der Waals surface area contributed by atoms with E-state index in [1.54, 1.807) is 0 Å². The van der Waals surface area contributed by atoms with Gasteiger partial charge in [0.05, 0.1) is 0 Å². The van der Waals surface area contributed by atoms with Crippen LogP contribution in [0, 0.1) is 5.41 Å². The molecule has 0 unspecified atom stereocenters. The van der Waals surface area contributed by atoms with Crippen molar-refractivity contribution in [1.82, 2.24) is 0 Å². The molecule has 0 aliphatic heterocycles. The predicted octanol–water partition coefficient (Wildman–Crippen LogP) is 0.880. The Hall–Kier alpha value is -1.26. The third-order valence-corrected chi connectivity index (χ3v) is 1.24. The molecular weight excluding hydrogens is 170 g/mol. The fourth-order valence-electron chi connectivity index (χ4n) is 0.703. The van der Waals surface area contributed by atoms with Crippen LogP contribution in [0.15, 0.2) is 0 Å². The van der Waals surface area contributed by atoms with Crippen LogP contribution in [0.1, 0.15) is 39.0 Å². The lowest BCUT2D eigenvalue weighted by molar-refractivity contribution is -0.137. The van der Waals surface area contributed by atoms with Crippen molar-refractivity contribution in [3.05, 3.63) is 0 Å². The van der Waals surface area contributed by atoms with E-state index in [-0.39, 0.29) is 5.96 Å². The second-order valence-electron chi connectivity index (χ2n) is 2.66. The van der Waals surface area contributed by atoms with E-state index < -0.39 is 5.97 Å². The minimum atomic E-state index is -0.675. The zero-order valence-corrected chi connectivity index (χ0v) is 8.05. The topological polar surface area (TPSA) is 113 Å². The molecule has 0 amide bonds. The van der Waals surface area contributed by atoms with E-state index >= 15 is 0 Å². The molecule has 0 saturated heterocycles. The van der Waals surface area contributed by atoms with Crippen molar-refractivity contribution < 1.29 is 9.90 Å². The van der Waals surface area contributed by atoms with Crippen LogP contribution in [0.25, 0.3) is 0 Å². The van der Waals surface area contributed by atoms with Gasteiger partial charge in [-0.2, -0.15) is 0 Å². The van der Waals surface area contributed by atoms with Gasteiger partial charge in [0.2, 0.25) is 0 Å². The molecule has 0 fully saturated rings. The molecule has 0 rings (SSSR count). The van der Waals surface area contributed by atoms with Crippen molar-refractivity contribution in [2.45, 2.75) is 39.0 Å². The van der Waals surface area contributed by atoms with Gasteiger partial charge in [0, 0.05) is 6.42 Å². The molecule has 0 aliphatic rings. The maximum atomic E-state index is 9.96. The standard InChI is InChI=1S/C7H14O2.CH5N3/c1-2-3-4-5-6-7(8)9;2-1(3)4/h2-6H2,1H3,(H,8,9);(H5,2,3,4). The Labute approximate surface area is 78.6 Å². The normalized spacial score (nSPS) is 8.38. The molecule has 0 radical (unpaired) electrons. The molecule has 5 nitrogen and oxygen atoms in total. The third kappa shape index (κ3) is 36.5. The highest BCUT2D eigenvalue weighted by Crippen LogP contribution is 2.01. The smallest absolute Gasteiger partial charge is 0.303 e. The third-order valence-electron chi connectivity index (χ3n) is 1.24. The Morgan fingerprint density at radius 3 is 2.08 bits per heavy atom. The first-order valence-electron chi connectivity index (χ1n) is 4.32. The molecule has 0 aromatic heterocycles. The fraction of sp³-hybridized carbons (Fsp3) is 0.750. The highest BCUT2D eigenvalue weighted by molar-refractivity contribution is 5.71. The molecule has 6 N–H and O–H groups in total. The van der Waals surface area contributed by atoms with Crippen molar-refractivity contribution >= 4 is 11.9 Å². The summed E-state index contributed by atoms with van der Waals surface area (Å²) >= 11 is 0.